The summed E-state index contributed by atoms with van der Waals surface area (Å²) in [5.74, 6) is 0. The summed E-state index contributed by atoms with van der Waals surface area (Å²) in [6.07, 6.45) is 0. The van der Waals surface area contributed by atoms with Crippen LogP contribution in [0.2, 0.25) is 0 Å². The highest BCUT2D eigenvalue weighted by atomic mass is 15.2. The SMILES string of the molecule is CC.c1ccc(N2c3ccccc3-c3c(n(-c4cccc(-n5c6c(c7ccccc75)-c5ccccc5N(c5ccccc5)c5ccccc5-6)c4)c4ccccc34)-c3ccccc32)cc1. The van der Waals surface area contributed by atoms with Gasteiger partial charge < -0.3 is 18.9 Å². The summed E-state index contributed by atoms with van der Waals surface area (Å²) in [6.45, 7) is 4.00. The maximum Gasteiger partial charge on any atom is 0.0641 e. The molecule has 0 saturated heterocycles. The van der Waals surface area contributed by atoms with Gasteiger partial charge >= 0.3 is 0 Å². The Morgan fingerprint density at radius 3 is 1.00 bits per heavy atom. The molecule has 0 atom stereocenters. The fourth-order valence-corrected chi connectivity index (χ4v) is 10.3. The second kappa shape index (κ2) is 15.2. The molecule has 2 aliphatic heterocycles. The minimum Gasteiger partial charge on any atom is -0.309 e. The van der Waals surface area contributed by atoms with E-state index in [1.807, 2.05) is 13.8 Å². The van der Waals surface area contributed by atoms with E-state index in [9.17, 15) is 0 Å². The van der Waals surface area contributed by atoms with Crippen molar-refractivity contribution >= 4 is 55.9 Å². The summed E-state index contributed by atoms with van der Waals surface area (Å²) in [5, 5.41) is 2.44. The zero-order valence-electron chi connectivity index (χ0n) is 35.7. The fourth-order valence-electron chi connectivity index (χ4n) is 10.3. The summed E-state index contributed by atoms with van der Waals surface area (Å²) in [7, 11) is 0. The Hall–Kier alpha value is -8.34. The molecule has 2 aromatic heterocycles. The predicted molar refractivity (Wildman–Crippen MR) is 270 cm³/mol. The Kier molecular flexibility index (Phi) is 8.91. The van der Waals surface area contributed by atoms with Crippen LogP contribution in [0.4, 0.5) is 34.1 Å². The van der Waals surface area contributed by atoms with E-state index in [1.165, 1.54) is 66.6 Å². The summed E-state index contributed by atoms with van der Waals surface area (Å²) >= 11 is 0. The van der Waals surface area contributed by atoms with E-state index in [0.717, 1.165) is 45.5 Å². The van der Waals surface area contributed by atoms with E-state index in [1.54, 1.807) is 0 Å². The molecule has 11 aromatic rings. The van der Waals surface area contributed by atoms with Gasteiger partial charge in [-0.15, -0.1) is 0 Å². The Morgan fingerprint density at radius 1 is 0.266 bits per heavy atom. The molecule has 64 heavy (non-hydrogen) atoms. The summed E-state index contributed by atoms with van der Waals surface area (Å²) in [6, 6.07) is 84.1. The smallest absolute Gasteiger partial charge is 0.0641 e. The van der Waals surface area contributed by atoms with Gasteiger partial charge in [-0.05, 0) is 78.9 Å². The van der Waals surface area contributed by atoms with Crippen molar-refractivity contribution in [1.29, 1.82) is 0 Å². The van der Waals surface area contributed by atoms with Gasteiger partial charge in [0, 0.05) is 66.9 Å². The molecule has 0 bridgehead atoms. The normalized spacial score (nSPS) is 12.2. The predicted octanol–water partition coefficient (Wildman–Crippen LogP) is 16.8. The van der Waals surface area contributed by atoms with E-state index in [4.69, 9.17) is 0 Å². The first-order valence-electron chi connectivity index (χ1n) is 22.3. The molecule has 0 spiro atoms. The van der Waals surface area contributed by atoms with Crippen LogP contribution in [0.25, 0.3) is 77.9 Å². The average molecular weight is 821 g/mol. The van der Waals surface area contributed by atoms with Crippen LogP contribution in [0.1, 0.15) is 13.8 Å². The molecule has 0 fully saturated rings. The van der Waals surface area contributed by atoms with Gasteiger partial charge in [0.25, 0.3) is 0 Å². The minimum atomic E-state index is 1.10. The van der Waals surface area contributed by atoms with Crippen LogP contribution in [-0.2, 0) is 0 Å². The van der Waals surface area contributed by atoms with Gasteiger partial charge in [0.15, 0.2) is 0 Å². The molecule has 9 aromatic carbocycles. The van der Waals surface area contributed by atoms with Crippen molar-refractivity contribution in [3.05, 3.63) is 231 Å². The number of para-hydroxylation sites is 8. The maximum absolute atomic E-state index is 2.50. The zero-order valence-corrected chi connectivity index (χ0v) is 35.7. The highest BCUT2D eigenvalue weighted by molar-refractivity contribution is 6.14. The molecule has 4 heterocycles. The van der Waals surface area contributed by atoms with Gasteiger partial charge in [0.05, 0.1) is 45.2 Å². The van der Waals surface area contributed by atoms with Crippen LogP contribution in [0, 0.1) is 0 Å². The Bertz CT molecular complexity index is 3310. The van der Waals surface area contributed by atoms with E-state index in [0.29, 0.717) is 0 Å². The molecule has 4 heteroatoms. The third-order valence-electron chi connectivity index (χ3n) is 12.8. The van der Waals surface area contributed by atoms with Gasteiger partial charge in [0.2, 0.25) is 0 Å². The lowest BCUT2D eigenvalue weighted by molar-refractivity contribution is 1.09. The number of hydrogen-bond acceptors (Lipinski definition) is 2. The van der Waals surface area contributed by atoms with E-state index in [2.05, 4.69) is 249 Å². The molecule has 0 saturated carbocycles. The number of aromatic nitrogens is 2. The van der Waals surface area contributed by atoms with Crippen molar-refractivity contribution in [1.82, 2.24) is 9.13 Å². The Labute approximate surface area is 373 Å². The molecule has 0 amide bonds. The van der Waals surface area contributed by atoms with Gasteiger partial charge in [-0.3, -0.25) is 0 Å². The summed E-state index contributed by atoms with van der Waals surface area (Å²) in [5.41, 5.74) is 21.0. The Balaban J connectivity index is 0.00000214. The fraction of sp³-hybridized carbons (Fsp3) is 0.0333. The van der Waals surface area contributed by atoms with Gasteiger partial charge in [-0.1, -0.05) is 166 Å². The van der Waals surface area contributed by atoms with E-state index in [-0.39, 0.29) is 0 Å². The van der Waals surface area contributed by atoms with Crippen molar-refractivity contribution in [2.24, 2.45) is 0 Å². The monoisotopic (exact) mass is 820 g/mol. The largest absolute Gasteiger partial charge is 0.309 e. The first-order valence-corrected chi connectivity index (χ1v) is 22.3. The second-order valence-corrected chi connectivity index (χ2v) is 16.1. The highest BCUT2D eigenvalue weighted by Gasteiger charge is 2.33. The minimum absolute atomic E-state index is 1.10. The average Bonchev–Trinajstić information content (AvgIpc) is 3.81. The van der Waals surface area contributed by atoms with Crippen molar-refractivity contribution in [2.45, 2.75) is 13.8 Å². The van der Waals surface area contributed by atoms with Gasteiger partial charge in [0.1, 0.15) is 0 Å². The molecule has 4 nitrogen and oxygen atoms in total. The lowest BCUT2D eigenvalue weighted by atomic mass is 9.98. The zero-order chi connectivity index (χ0) is 42.7. The highest BCUT2D eigenvalue weighted by Crippen LogP contribution is 2.56. The first kappa shape index (κ1) is 37.4. The molecule has 2 aliphatic rings. The van der Waals surface area contributed by atoms with Crippen LogP contribution in [-0.4, -0.2) is 9.13 Å². The summed E-state index contributed by atoms with van der Waals surface area (Å²) in [4.78, 5) is 4.85. The van der Waals surface area contributed by atoms with Crippen molar-refractivity contribution in [2.75, 3.05) is 9.80 Å². The quantitative estimate of drug-likeness (QED) is 0.176. The lowest BCUT2D eigenvalue weighted by Crippen LogP contribution is -2.11. The van der Waals surface area contributed by atoms with Crippen LogP contribution >= 0.6 is 0 Å². The number of nitrogens with zero attached hydrogens (tertiary/aromatic N) is 4. The number of hydrogen-bond donors (Lipinski definition) is 0. The number of anilines is 6. The molecular weight excluding hydrogens is 777 g/mol. The van der Waals surface area contributed by atoms with Crippen LogP contribution < -0.4 is 9.80 Å². The van der Waals surface area contributed by atoms with Crippen LogP contribution in [0.3, 0.4) is 0 Å². The molecule has 304 valence electrons. The summed E-state index contributed by atoms with van der Waals surface area (Å²) < 4.78 is 5.01. The number of benzene rings is 9. The standard InChI is InChI=1S/C58H38N4.C2H6/c1-3-20-39(21-4-1)59-49-32-13-7-26-43(49)55-45-28-9-15-34-51(45)61(57(55)47-30-11-17-36-53(47)59)41-24-19-25-42(38-41)62-52-35-16-10-29-46(52)56-44-27-8-14-33-50(44)60(40-22-5-2-6-23-40)54-37-18-12-31-48(54)58(56)62;1-2/h1-38H;1-2H3. The van der Waals surface area contributed by atoms with Crippen molar-refractivity contribution in [3.63, 3.8) is 0 Å². The number of rotatable bonds is 4. The molecule has 0 radical (unpaired) electrons. The molecule has 0 aliphatic carbocycles. The lowest BCUT2D eigenvalue weighted by Gasteiger charge is -2.27. The topological polar surface area (TPSA) is 16.3 Å². The molecule has 13 rings (SSSR count). The van der Waals surface area contributed by atoms with Gasteiger partial charge in [-0.25, -0.2) is 0 Å². The van der Waals surface area contributed by atoms with Crippen molar-refractivity contribution in [3.8, 4) is 56.1 Å². The van der Waals surface area contributed by atoms with Gasteiger partial charge in [-0.2, -0.15) is 0 Å². The van der Waals surface area contributed by atoms with E-state index >= 15 is 0 Å². The Morgan fingerprint density at radius 2 is 0.578 bits per heavy atom. The second-order valence-electron chi connectivity index (χ2n) is 16.1. The number of fused-ring (bicyclic) bond motifs is 14. The van der Waals surface area contributed by atoms with E-state index < -0.39 is 0 Å². The molecule has 0 N–H and O–H groups in total. The van der Waals surface area contributed by atoms with Crippen LogP contribution in [0.15, 0.2) is 231 Å². The third kappa shape index (κ3) is 5.56. The third-order valence-corrected chi connectivity index (χ3v) is 12.8. The van der Waals surface area contributed by atoms with Crippen molar-refractivity contribution < 1.29 is 0 Å². The molecule has 0 unspecified atom stereocenters. The van der Waals surface area contributed by atoms with Crippen LogP contribution in [0.5, 0.6) is 0 Å². The molecular formula is C60H44N4. The maximum atomic E-state index is 2.50. The first-order chi connectivity index (χ1) is 31.8.